The van der Waals surface area contributed by atoms with Gasteiger partial charge in [0.2, 0.25) is 4.96 Å². The first-order valence-corrected chi connectivity index (χ1v) is 13.6. The largest absolute Gasteiger partial charge is 0.494 e. The number of aromatic nitrogens is 5. The summed E-state index contributed by atoms with van der Waals surface area (Å²) in [4.78, 5) is 19.4. The second kappa shape index (κ2) is 9.76. The maximum Gasteiger partial charge on any atom is 0.291 e. The van der Waals surface area contributed by atoms with Crippen molar-refractivity contribution in [2.24, 2.45) is 0 Å². The Labute approximate surface area is 220 Å². The molecule has 0 saturated heterocycles. The molecule has 0 radical (unpaired) electrons. The van der Waals surface area contributed by atoms with E-state index in [9.17, 15) is 4.79 Å². The van der Waals surface area contributed by atoms with Crippen molar-refractivity contribution in [3.05, 3.63) is 98.3 Å². The predicted octanol–water partition coefficient (Wildman–Crippen LogP) is 5.38. The highest BCUT2D eigenvalue weighted by Crippen LogP contribution is 2.30. The molecule has 0 bridgehead atoms. The highest BCUT2D eigenvalue weighted by molar-refractivity contribution is 7.15. The van der Waals surface area contributed by atoms with Crippen LogP contribution in [0, 0.1) is 6.92 Å². The molecule has 4 aromatic heterocycles. The number of hydrogen-bond acceptors (Lipinski definition) is 7. The summed E-state index contributed by atoms with van der Waals surface area (Å²) >= 11 is 2.88. The van der Waals surface area contributed by atoms with Crippen LogP contribution in [0.5, 0.6) is 5.75 Å². The number of aryl methyl sites for hydroxylation is 1. The van der Waals surface area contributed by atoms with Gasteiger partial charge >= 0.3 is 0 Å². The number of rotatable bonds is 7. The summed E-state index contributed by atoms with van der Waals surface area (Å²) in [7, 11) is 0. The van der Waals surface area contributed by atoms with Crippen molar-refractivity contribution in [3.63, 3.8) is 0 Å². The zero-order valence-corrected chi connectivity index (χ0v) is 21.9. The quantitative estimate of drug-likeness (QED) is 0.280. The third-order valence-electron chi connectivity index (χ3n) is 5.90. The number of benzene rings is 2. The molecule has 2 aromatic carbocycles. The van der Waals surface area contributed by atoms with Gasteiger partial charge in [-0.25, -0.2) is 4.68 Å². The van der Waals surface area contributed by atoms with Gasteiger partial charge in [-0.05, 0) is 66.8 Å². The molecule has 6 aromatic rings. The fourth-order valence-corrected chi connectivity index (χ4v) is 5.66. The second-order valence-electron chi connectivity index (χ2n) is 8.56. The van der Waals surface area contributed by atoms with E-state index < -0.39 is 0 Å². The molecule has 0 aliphatic carbocycles. The summed E-state index contributed by atoms with van der Waals surface area (Å²) in [6, 6.07) is 19.9. The lowest BCUT2D eigenvalue weighted by Gasteiger charge is -2.09. The number of nitrogens with zero attached hydrogens (tertiary/aromatic N) is 5. The lowest BCUT2D eigenvalue weighted by atomic mass is 10.0. The summed E-state index contributed by atoms with van der Waals surface area (Å²) in [5.74, 6) is 1.41. The van der Waals surface area contributed by atoms with Crippen LogP contribution in [0.15, 0.2) is 77.0 Å². The lowest BCUT2D eigenvalue weighted by molar-refractivity contribution is 0.317. The number of hydrogen-bond donors (Lipinski definition) is 0. The van der Waals surface area contributed by atoms with Gasteiger partial charge in [-0.3, -0.25) is 4.79 Å². The van der Waals surface area contributed by atoms with Crippen LogP contribution < -0.4 is 14.8 Å². The SMILES string of the molecule is CCCOc1ccc(-c2nn(-c3ccccc3)cc2/C=c2\sc3nc(-c4cccs4)nn3c2=O)c(C)c1. The summed E-state index contributed by atoms with van der Waals surface area (Å²) < 4.78 is 9.61. The molecule has 0 unspecified atom stereocenters. The van der Waals surface area contributed by atoms with Crippen molar-refractivity contribution in [1.82, 2.24) is 24.4 Å². The van der Waals surface area contributed by atoms with Crippen molar-refractivity contribution in [2.75, 3.05) is 6.61 Å². The van der Waals surface area contributed by atoms with Crippen LogP contribution in [0.2, 0.25) is 0 Å². The zero-order chi connectivity index (χ0) is 25.4. The van der Waals surface area contributed by atoms with Crippen LogP contribution in [0.3, 0.4) is 0 Å². The first-order valence-electron chi connectivity index (χ1n) is 11.9. The molecule has 0 spiro atoms. The van der Waals surface area contributed by atoms with Gasteiger partial charge in [0.25, 0.3) is 5.56 Å². The van der Waals surface area contributed by atoms with Crippen molar-refractivity contribution >= 4 is 33.7 Å². The second-order valence-corrected chi connectivity index (χ2v) is 10.5. The molecule has 7 nitrogen and oxygen atoms in total. The molecule has 37 heavy (non-hydrogen) atoms. The van der Waals surface area contributed by atoms with Gasteiger partial charge in [-0.15, -0.1) is 16.4 Å². The van der Waals surface area contributed by atoms with Crippen molar-refractivity contribution in [2.45, 2.75) is 20.3 Å². The smallest absolute Gasteiger partial charge is 0.291 e. The molecule has 0 fully saturated rings. The summed E-state index contributed by atoms with van der Waals surface area (Å²) in [6.07, 6.45) is 4.79. The highest BCUT2D eigenvalue weighted by Gasteiger charge is 2.16. The van der Waals surface area contributed by atoms with Gasteiger partial charge in [0.1, 0.15) is 11.4 Å². The first-order chi connectivity index (χ1) is 18.1. The Kier molecular flexibility index (Phi) is 6.15. The van der Waals surface area contributed by atoms with E-state index in [2.05, 4.69) is 17.0 Å². The third kappa shape index (κ3) is 4.47. The van der Waals surface area contributed by atoms with Crippen LogP contribution in [-0.4, -0.2) is 31.0 Å². The van der Waals surface area contributed by atoms with E-state index in [0.29, 0.717) is 21.9 Å². The Morgan fingerprint density at radius 3 is 2.65 bits per heavy atom. The van der Waals surface area contributed by atoms with Gasteiger partial charge in [-0.1, -0.05) is 42.5 Å². The van der Waals surface area contributed by atoms with E-state index in [-0.39, 0.29) is 5.56 Å². The Balaban J connectivity index is 1.48. The minimum atomic E-state index is -0.186. The monoisotopic (exact) mass is 525 g/mol. The van der Waals surface area contributed by atoms with E-state index in [4.69, 9.17) is 9.84 Å². The minimum Gasteiger partial charge on any atom is -0.494 e. The summed E-state index contributed by atoms with van der Waals surface area (Å²) in [5, 5.41) is 11.4. The van der Waals surface area contributed by atoms with Crippen LogP contribution >= 0.6 is 22.7 Å². The van der Waals surface area contributed by atoms with E-state index in [1.807, 2.05) is 89.9 Å². The van der Waals surface area contributed by atoms with E-state index >= 15 is 0 Å². The number of fused-ring (bicyclic) bond motifs is 1. The van der Waals surface area contributed by atoms with Gasteiger partial charge < -0.3 is 4.74 Å². The number of ether oxygens (including phenoxy) is 1. The molecular formula is C28H23N5O2S2. The van der Waals surface area contributed by atoms with E-state index in [1.165, 1.54) is 15.9 Å². The predicted molar refractivity (Wildman–Crippen MR) is 149 cm³/mol. The Bertz CT molecular complexity index is 1800. The fraction of sp³-hybridized carbons (Fsp3) is 0.143. The molecule has 0 amide bonds. The van der Waals surface area contributed by atoms with E-state index in [0.717, 1.165) is 45.1 Å². The molecule has 184 valence electrons. The number of thiophene rings is 1. The fourth-order valence-electron chi connectivity index (χ4n) is 4.11. The molecule has 0 aliphatic heterocycles. The maximum atomic E-state index is 13.3. The van der Waals surface area contributed by atoms with Crippen LogP contribution in [-0.2, 0) is 0 Å². The summed E-state index contributed by atoms with van der Waals surface area (Å²) in [5.41, 5.74) is 4.42. The molecular weight excluding hydrogens is 502 g/mol. The van der Waals surface area contributed by atoms with Gasteiger partial charge in [0, 0.05) is 17.3 Å². The van der Waals surface area contributed by atoms with E-state index in [1.54, 1.807) is 11.3 Å². The highest BCUT2D eigenvalue weighted by atomic mass is 32.1. The lowest BCUT2D eigenvalue weighted by Crippen LogP contribution is -2.23. The average molecular weight is 526 g/mol. The third-order valence-corrected chi connectivity index (χ3v) is 7.72. The Morgan fingerprint density at radius 1 is 1.05 bits per heavy atom. The molecule has 4 heterocycles. The molecule has 0 aliphatic rings. The van der Waals surface area contributed by atoms with Crippen molar-refractivity contribution in [1.29, 1.82) is 0 Å². The van der Waals surface area contributed by atoms with Gasteiger partial charge in [0.05, 0.1) is 21.7 Å². The molecule has 6 rings (SSSR count). The molecule has 0 saturated carbocycles. The van der Waals surface area contributed by atoms with Gasteiger partial charge in [0.15, 0.2) is 5.82 Å². The zero-order valence-electron chi connectivity index (χ0n) is 20.3. The van der Waals surface area contributed by atoms with Crippen LogP contribution in [0.4, 0.5) is 0 Å². The van der Waals surface area contributed by atoms with Crippen molar-refractivity contribution < 1.29 is 4.74 Å². The Morgan fingerprint density at radius 2 is 1.92 bits per heavy atom. The van der Waals surface area contributed by atoms with Crippen molar-refractivity contribution in [3.8, 4) is 33.4 Å². The number of para-hydroxylation sites is 1. The minimum absolute atomic E-state index is 0.186. The van der Waals surface area contributed by atoms with Gasteiger partial charge in [-0.2, -0.15) is 14.6 Å². The molecule has 0 N–H and O–H groups in total. The van der Waals surface area contributed by atoms with Crippen LogP contribution in [0.1, 0.15) is 24.5 Å². The summed E-state index contributed by atoms with van der Waals surface area (Å²) in [6.45, 7) is 4.81. The Hall–Kier alpha value is -4.08. The molecule has 0 atom stereocenters. The average Bonchev–Trinajstić information content (AvgIpc) is 3.70. The van der Waals surface area contributed by atoms with Crippen LogP contribution in [0.25, 0.3) is 38.7 Å². The standard InChI is InChI=1S/C28H23N5O2S2/c1-3-13-35-21-11-12-22(18(2)15-21)25-19(17-32(30-25)20-8-5-4-6-9-20)16-24-27(34)33-28(37-24)29-26(31-33)23-10-7-14-36-23/h4-12,14-17H,3,13H2,1-2H3/b24-16-. The number of thiazole rings is 1. The molecule has 9 heteroatoms. The maximum absolute atomic E-state index is 13.3. The topological polar surface area (TPSA) is 74.3 Å². The first kappa shape index (κ1) is 23.3. The normalized spacial score (nSPS) is 12.0.